The lowest BCUT2D eigenvalue weighted by molar-refractivity contribution is -0.124. The first-order chi connectivity index (χ1) is 13.4. The van der Waals surface area contributed by atoms with Gasteiger partial charge in [-0.15, -0.1) is 11.3 Å². The van der Waals surface area contributed by atoms with Gasteiger partial charge in [-0.1, -0.05) is 35.4 Å². The standard InChI is InChI=1S/C22H20FNO3S/c1-14-10-15(2)12-17(11-14)22(26)27-13-20(25)24-21(19-4-3-9-28-19)16-5-7-18(23)8-6-16/h3-12,21H,13H2,1-2H3,(H,24,25)/t21-/m1/s1. The third kappa shape index (κ3) is 5.04. The normalized spacial score (nSPS) is 11.7. The maximum atomic E-state index is 13.2. The molecule has 0 fully saturated rings. The molecule has 6 heteroatoms. The quantitative estimate of drug-likeness (QED) is 0.620. The topological polar surface area (TPSA) is 55.4 Å². The molecule has 144 valence electrons. The minimum atomic E-state index is -0.545. The Kier molecular flexibility index (Phi) is 6.21. The van der Waals surface area contributed by atoms with E-state index in [1.54, 1.807) is 24.3 Å². The van der Waals surface area contributed by atoms with Crippen LogP contribution in [0, 0.1) is 19.7 Å². The fourth-order valence-electron chi connectivity index (χ4n) is 2.94. The summed E-state index contributed by atoms with van der Waals surface area (Å²) in [5.74, 6) is -1.32. The van der Waals surface area contributed by atoms with E-state index in [1.807, 2.05) is 37.4 Å². The van der Waals surface area contributed by atoms with E-state index >= 15 is 0 Å². The molecule has 0 aliphatic heterocycles. The molecule has 0 saturated heterocycles. The molecule has 0 aliphatic carbocycles. The van der Waals surface area contributed by atoms with Crippen molar-refractivity contribution in [3.8, 4) is 0 Å². The number of halogens is 1. The maximum Gasteiger partial charge on any atom is 0.338 e. The van der Waals surface area contributed by atoms with E-state index in [0.717, 1.165) is 21.6 Å². The molecule has 1 amide bonds. The molecule has 0 radical (unpaired) electrons. The third-order valence-corrected chi connectivity index (χ3v) is 5.07. The van der Waals surface area contributed by atoms with Crippen molar-refractivity contribution >= 4 is 23.2 Å². The van der Waals surface area contributed by atoms with Crippen molar-refractivity contribution < 1.29 is 18.7 Å². The van der Waals surface area contributed by atoms with Gasteiger partial charge in [-0.2, -0.15) is 0 Å². The van der Waals surface area contributed by atoms with Gasteiger partial charge in [0.2, 0.25) is 0 Å². The number of hydrogen-bond acceptors (Lipinski definition) is 4. The second-order valence-corrected chi connectivity index (χ2v) is 7.50. The molecule has 3 aromatic rings. The average Bonchev–Trinajstić information content (AvgIpc) is 3.18. The van der Waals surface area contributed by atoms with E-state index in [1.165, 1.54) is 23.5 Å². The van der Waals surface area contributed by atoms with Crippen molar-refractivity contribution in [2.24, 2.45) is 0 Å². The highest BCUT2D eigenvalue weighted by Gasteiger charge is 2.19. The number of carbonyl (C=O) groups is 2. The number of ether oxygens (including phenoxy) is 1. The molecule has 1 N–H and O–H groups in total. The summed E-state index contributed by atoms with van der Waals surface area (Å²) in [6.07, 6.45) is 0. The summed E-state index contributed by atoms with van der Waals surface area (Å²) >= 11 is 1.48. The molecule has 4 nitrogen and oxygen atoms in total. The highest BCUT2D eigenvalue weighted by atomic mass is 32.1. The average molecular weight is 397 g/mol. The second kappa shape index (κ2) is 8.80. The van der Waals surface area contributed by atoms with Gasteiger partial charge in [0.25, 0.3) is 5.91 Å². The Morgan fingerprint density at radius 3 is 2.36 bits per heavy atom. The van der Waals surface area contributed by atoms with Gasteiger partial charge in [0.05, 0.1) is 11.6 Å². The molecule has 0 bridgehead atoms. The Bertz CT molecular complexity index is 948. The first kappa shape index (κ1) is 19.8. The summed E-state index contributed by atoms with van der Waals surface area (Å²) in [4.78, 5) is 25.5. The van der Waals surface area contributed by atoms with Gasteiger partial charge in [-0.05, 0) is 55.1 Å². The highest BCUT2D eigenvalue weighted by Crippen LogP contribution is 2.26. The molecule has 0 spiro atoms. The smallest absolute Gasteiger partial charge is 0.338 e. The van der Waals surface area contributed by atoms with Crippen LogP contribution in [0.5, 0.6) is 0 Å². The molecule has 28 heavy (non-hydrogen) atoms. The minimum absolute atomic E-state index is 0.345. The van der Waals surface area contributed by atoms with Crippen LogP contribution in [0.15, 0.2) is 60.0 Å². The van der Waals surface area contributed by atoms with E-state index < -0.39 is 24.5 Å². The number of esters is 1. The van der Waals surface area contributed by atoms with Gasteiger partial charge in [0, 0.05) is 4.88 Å². The van der Waals surface area contributed by atoms with Crippen LogP contribution in [0.3, 0.4) is 0 Å². The van der Waals surface area contributed by atoms with Gasteiger partial charge in [0.15, 0.2) is 6.61 Å². The van der Waals surface area contributed by atoms with Gasteiger partial charge >= 0.3 is 5.97 Å². The summed E-state index contributed by atoms with van der Waals surface area (Å²) in [6.45, 7) is 3.39. The van der Waals surface area contributed by atoms with Crippen LogP contribution in [-0.2, 0) is 9.53 Å². The molecule has 1 aromatic heterocycles. The summed E-state index contributed by atoms with van der Waals surface area (Å²) in [5, 5.41) is 4.76. The van der Waals surface area contributed by atoms with E-state index in [9.17, 15) is 14.0 Å². The molecule has 1 atom stereocenters. The summed E-state index contributed by atoms with van der Waals surface area (Å²) < 4.78 is 18.4. The zero-order chi connectivity index (χ0) is 20.1. The zero-order valence-electron chi connectivity index (χ0n) is 15.6. The molecular formula is C22H20FNO3S. The lowest BCUT2D eigenvalue weighted by Crippen LogP contribution is -2.32. The SMILES string of the molecule is Cc1cc(C)cc(C(=O)OCC(=O)N[C@H](c2ccc(F)cc2)c2cccs2)c1. The van der Waals surface area contributed by atoms with Crippen molar-refractivity contribution in [1.82, 2.24) is 5.32 Å². The van der Waals surface area contributed by atoms with Gasteiger partial charge < -0.3 is 10.1 Å². The lowest BCUT2D eigenvalue weighted by Gasteiger charge is -2.18. The van der Waals surface area contributed by atoms with Gasteiger partial charge in [-0.3, -0.25) is 4.79 Å². The Morgan fingerprint density at radius 1 is 1.07 bits per heavy atom. The van der Waals surface area contributed by atoms with Gasteiger partial charge in [-0.25, -0.2) is 9.18 Å². The summed E-state index contributed by atoms with van der Waals surface area (Å²) in [5.41, 5.74) is 3.06. The van der Waals surface area contributed by atoms with Crippen molar-refractivity contribution in [2.75, 3.05) is 6.61 Å². The van der Waals surface area contributed by atoms with Gasteiger partial charge in [0.1, 0.15) is 5.82 Å². The molecule has 0 saturated carbocycles. The molecular weight excluding hydrogens is 377 g/mol. The van der Waals surface area contributed by atoms with Crippen LogP contribution in [0.4, 0.5) is 4.39 Å². The van der Waals surface area contributed by atoms with Crippen LogP contribution < -0.4 is 5.32 Å². The predicted molar refractivity (Wildman–Crippen MR) is 107 cm³/mol. The van der Waals surface area contributed by atoms with E-state index in [2.05, 4.69) is 5.32 Å². The molecule has 0 unspecified atom stereocenters. The fourth-order valence-corrected chi connectivity index (χ4v) is 3.74. The summed E-state index contributed by atoms with van der Waals surface area (Å²) in [7, 11) is 0. The van der Waals surface area contributed by atoms with Crippen LogP contribution in [-0.4, -0.2) is 18.5 Å². The van der Waals surface area contributed by atoms with Crippen molar-refractivity contribution in [3.05, 3.63) is 92.9 Å². The van der Waals surface area contributed by atoms with Crippen molar-refractivity contribution in [2.45, 2.75) is 19.9 Å². The Hall–Kier alpha value is -2.99. The van der Waals surface area contributed by atoms with Crippen molar-refractivity contribution in [1.29, 1.82) is 0 Å². The number of thiophene rings is 1. The molecule has 2 aromatic carbocycles. The summed E-state index contributed by atoms with van der Waals surface area (Å²) in [6, 6.07) is 14.7. The number of carbonyl (C=O) groups excluding carboxylic acids is 2. The third-order valence-electron chi connectivity index (χ3n) is 4.13. The first-order valence-electron chi connectivity index (χ1n) is 8.76. The first-order valence-corrected chi connectivity index (χ1v) is 9.64. The monoisotopic (exact) mass is 397 g/mol. The number of aryl methyl sites for hydroxylation is 2. The molecule has 3 rings (SSSR count). The molecule has 0 aliphatic rings. The fraction of sp³-hybridized carbons (Fsp3) is 0.182. The Morgan fingerprint density at radius 2 is 1.75 bits per heavy atom. The minimum Gasteiger partial charge on any atom is -0.452 e. The highest BCUT2D eigenvalue weighted by molar-refractivity contribution is 7.10. The van der Waals surface area contributed by atoms with Crippen LogP contribution in [0.1, 0.15) is 38.0 Å². The predicted octanol–water partition coefficient (Wildman–Crippen LogP) is 4.57. The largest absolute Gasteiger partial charge is 0.452 e. The zero-order valence-corrected chi connectivity index (χ0v) is 16.4. The van der Waals surface area contributed by atoms with E-state index in [0.29, 0.717) is 5.56 Å². The van der Waals surface area contributed by atoms with Crippen LogP contribution in [0.2, 0.25) is 0 Å². The number of amides is 1. The van der Waals surface area contributed by atoms with Crippen molar-refractivity contribution in [3.63, 3.8) is 0 Å². The number of benzene rings is 2. The van der Waals surface area contributed by atoms with Crippen LogP contribution in [0.25, 0.3) is 0 Å². The number of hydrogen-bond donors (Lipinski definition) is 1. The van der Waals surface area contributed by atoms with E-state index in [-0.39, 0.29) is 5.82 Å². The Labute approximate surface area is 167 Å². The lowest BCUT2D eigenvalue weighted by atomic mass is 10.1. The van der Waals surface area contributed by atoms with E-state index in [4.69, 9.17) is 4.74 Å². The molecule has 1 heterocycles. The Balaban J connectivity index is 1.67. The number of rotatable bonds is 6. The van der Waals surface area contributed by atoms with Crippen LogP contribution >= 0.6 is 11.3 Å². The maximum absolute atomic E-state index is 13.2. The number of nitrogens with one attached hydrogen (secondary N) is 1. The second-order valence-electron chi connectivity index (χ2n) is 6.52.